The molecule has 3 atom stereocenters. The van der Waals surface area contributed by atoms with Gasteiger partial charge in [-0.2, -0.15) is 0 Å². The second-order valence-corrected chi connectivity index (χ2v) is 6.35. The summed E-state index contributed by atoms with van der Waals surface area (Å²) in [6, 6.07) is 7.52. The number of ether oxygens (including phenoxy) is 1. The fraction of sp³-hybridized carbons (Fsp3) is 0.500. The number of para-hydroxylation sites is 1. The number of aliphatic carboxylic acids is 1. The smallest absolute Gasteiger partial charge is 0.307 e. The number of carboxylic acid groups (broad SMARTS) is 1. The van der Waals surface area contributed by atoms with Crippen LogP contribution >= 0.6 is 0 Å². The van der Waals surface area contributed by atoms with Gasteiger partial charge in [-0.3, -0.25) is 9.59 Å². The molecule has 0 aromatic heterocycles. The summed E-state index contributed by atoms with van der Waals surface area (Å²) in [7, 11) is 0. The fourth-order valence-electron chi connectivity index (χ4n) is 3.34. The molecule has 3 rings (SSSR count). The molecule has 1 unspecified atom stereocenters. The van der Waals surface area contributed by atoms with E-state index in [1.54, 1.807) is 0 Å². The Kier molecular flexibility index (Phi) is 3.15. The van der Waals surface area contributed by atoms with Crippen molar-refractivity contribution in [3.63, 3.8) is 0 Å². The first kappa shape index (κ1) is 13.9. The topological polar surface area (TPSA) is 75.6 Å². The summed E-state index contributed by atoms with van der Waals surface area (Å²) in [5.41, 5.74) is 0.489. The lowest BCUT2D eigenvalue weighted by Crippen LogP contribution is -2.34. The maximum atomic E-state index is 12.4. The van der Waals surface area contributed by atoms with E-state index in [4.69, 9.17) is 4.74 Å². The Morgan fingerprint density at radius 1 is 1.29 bits per heavy atom. The van der Waals surface area contributed by atoms with E-state index >= 15 is 0 Å². The minimum Gasteiger partial charge on any atom is -0.493 e. The lowest BCUT2D eigenvalue weighted by Gasteiger charge is -2.26. The maximum Gasteiger partial charge on any atom is 0.307 e. The molecule has 21 heavy (non-hydrogen) atoms. The van der Waals surface area contributed by atoms with Gasteiger partial charge in [0.05, 0.1) is 24.5 Å². The molecule has 1 saturated carbocycles. The molecule has 0 saturated heterocycles. The second-order valence-electron chi connectivity index (χ2n) is 6.35. The van der Waals surface area contributed by atoms with Crippen molar-refractivity contribution in [3.8, 4) is 5.75 Å². The second kappa shape index (κ2) is 4.76. The monoisotopic (exact) mass is 289 g/mol. The number of hydrogen-bond donors (Lipinski definition) is 2. The first-order valence-corrected chi connectivity index (χ1v) is 7.18. The highest BCUT2D eigenvalue weighted by Crippen LogP contribution is 2.58. The summed E-state index contributed by atoms with van der Waals surface area (Å²) in [5.74, 6) is -1.32. The minimum atomic E-state index is -0.896. The Hall–Kier alpha value is -2.04. The molecule has 1 aromatic rings. The van der Waals surface area contributed by atoms with Crippen LogP contribution in [0.3, 0.4) is 0 Å². The van der Waals surface area contributed by atoms with Gasteiger partial charge in [-0.1, -0.05) is 32.0 Å². The van der Waals surface area contributed by atoms with Crippen LogP contribution in [0.15, 0.2) is 24.3 Å². The van der Waals surface area contributed by atoms with Crippen LogP contribution in [0.4, 0.5) is 0 Å². The van der Waals surface area contributed by atoms with Crippen molar-refractivity contribution in [1.82, 2.24) is 5.32 Å². The highest BCUT2D eigenvalue weighted by Gasteiger charge is 2.66. The molecular weight excluding hydrogens is 270 g/mol. The number of amides is 1. The molecule has 112 valence electrons. The first-order chi connectivity index (χ1) is 9.93. The largest absolute Gasteiger partial charge is 0.493 e. The number of fused-ring (bicyclic) bond motifs is 1. The quantitative estimate of drug-likeness (QED) is 0.892. The summed E-state index contributed by atoms with van der Waals surface area (Å²) < 4.78 is 5.57. The zero-order chi connectivity index (χ0) is 15.2. The number of carbonyl (C=O) groups excluding carboxylic acids is 1. The molecule has 0 spiro atoms. The SMILES string of the molecule is CC1(C)[C@H](C(=O)O)[C@@H]1C(=O)NC1CCOc2ccccc21. The van der Waals surface area contributed by atoms with E-state index in [9.17, 15) is 14.7 Å². The van der Waals surface area contributed by atoms with Crippen molar-refractivity contribution in [1.29, 1.82) is 0 Å². The van der Waals surface area contributed by atoms with Crippen LogP contribution in [-0.2, 0) is 9.59 Å². The van der Waals surface area contributed by atoms with E-state index in [1.807, 2.05) is 38.1 Å². The van der Waals surface area contributed by atoms with E-state index in [0.29, 0.717) is 13.0 Å². The molecule has 1 amide bonds. The summed E-state index contributed by atoms with van der Waals surface area (Å²) in [6.45, 7) is 4.21. The minimum absolute atomic E-state index is 0.103. The molecule has 0 radical (unpaired) electrons. The van der Waals surface area contributed by atoms with Crippen molar-refractivity contribution in [2.24, 2.45) is 17.3 Å². The lowest BCUT2D eigenvalue weighted by atomic mass is 10.00. The third-order valence-corrected chi connectivity index (χ3v) is 4.65. The summed E-state index contributed by atoms with van der Waals surface area (Å²) >= 11 is 0. The third-order valence-electron chi connectivity index (χ3n) is 4.65. The average Bonchev–Trinajstić information content (AvgIpc) is 3.02. The zero-order valence-electron chi connectivity index (χ0n) is 12.1. The van der Waals surface area contributed by atoms with Gasteiger partial charge in [0.15, 0.2) is 0 Å². The van der Waals surface area contributed by atoms with E-state index in [0.717, 1.165) is 11.3 Å². The highest BCUT2D eigenvalue weighted by atomic mass is 16.5. The van der Waals surface area contributed by atoms with Gasteiger partial charge in [0.25, 0.3) is 0 Å². The number of nitrogens with one attached hydrogen (secondary N) is 1. The van der Waals surface area contributed by atoms with Crippen LogP contribution < -0.4 is 10.1 Å². The number of carbonyl (C=O) groups is 2. The van der Waals surface area contributed by atoms with Crippen LogP contribution in [0.25, 0.3) is 0 Å². The molecule has 5 heteroatoms. The molecule has 2 aliphatic rings. The van der Waals surface area contributed by atoms with Crippen LogP contribution in [-0.4, -0.2) is 23.6 Å². The lowest BCUT2D eigenvalue weighted by molar-refractivity contribution is -0.140. The van der Waals surface area contributed by atoms with Crippen LogP contribution in [0.1, 0.15) is 31.9 Å². The van der Waals surface area contributed by atoms with Gasteiger partial charge in [0, 0.05) is 12.0 Å². The van der Waals surface area contributed by atoms with Crippen molar-refractivity contribution < 1.29 is 19.4 Å². The van der Waals surface area contributed by atoms with Gasteiger partial charge in [-0.05, 0) is 11.5 Å². The molecule has 1 heterocycles. The van der Waals surface area contributed by atoms with Crippen LogP contribution in [0.5, 0.6) is 5.75 Å². The number of hydrogen-bond acceptors (Lipinski definition) is 3. The van der Waals surface area contributed by atoms with Gasteiger partial charge in [-0.15, -0.1) is 0 Å². The Bertz CT molecular complexity index is 596. The molecule has 1 aliphatic heterocycles. The van der Waals surface area contributed by atoms with Crippen LogP contribution in [0.2, 0.25) is 0 Å². The van der Waals surface area contributed by atoms with Crippen molar-refractivity contribution >= 4 is 11.9 Å². The van der Waals surface area contributed by atoms with E-state index < -0.39 is 23.2 Å². The fourth-order valence-corrected chi connectivity index (χ4v) is 3.34. The molecule has 1 aromatic carbocycles. The molecule has 2 N–H and O–H groups in total. The van der Waals surface area contributed by atoms with Gasteiger partial charge in [-0.25, -0.2) is 0 Å². The third kappa shape index (κ3) is 2.26. The number of rotatable bonds is 3. The van der Waals surface area contributed by atoms with Gasteiger partial charge in [0.2, 0.25) is 5.91 Å². The van der Waals surface area contributed by atoms with E-state index in [1.165, 1.54) is 0 Å². The first-order valence-electron chi connectivity index (χ1n) is 7.18. The predicted octanol–water partition coefficient (Wildman–Crippen LogP) is 1.98. The Labute approximate surface area is 123 Å². The standard InChI is InChI=1S/C16H19NO4/c1-16(2)12(13(16)15(19)20)14(18)17-10-7-8-21-11-6-4-3-5-9(10)11/h3-6,10,12-13H,7-8H2,1-2H3,(H,17,18)(H,19,20)/t10?,12-,13+/m1/s1. The highest BCUT2D eigenvalue weighted by molar-refractivity contribution is 5.91. The average molecular weight is 289 g/mol. The van der Waals surface area contributed by atoms with Gasteiger partial charge in [0.1, 0.15) is 5.75 Å². The molecule has 1 fully saturated rings. The predicted molar refractivity (Wildman–Crippen MR) is 75.8 cm³/mol. The van der Waals surface area contributed by atoms with Crippen LogP contribution in [0, 0.1) is 17.3 Å². The Morgan fingerprint density at radius 2 is 2.00 bits per heavy atom. The van der Waals surface area contributed by atoms with Crippen molar-refractivity contribution in [2.75, 3.05) is 6.61 Å². The van der Waals surface area contributed by atoms with E-state index in [-0.39, 0.29) is 11.9 Å². The summed E-state index contributed by atoms with van der Waals surface area (Å²) in [5, 5.41) is 12.2. The molecule has 0 bridgehead atoms. The van der Waals surface area contributed by atoms with Crippen molar-refractivity contribution in [2.45, 2.75) is 26.3 Å². The van der Waals surface area contributed by atoms with E-state index in [2.05, 4.69) is 5.32 Å². The Balaban J connectivity index is 1.74. The Morgan fingerprint density at radius 3 is 2.67 bits per heavy atom. The summed E-state index contributed by atoms with van der Waals surface area (Å²) in [4.78, 5) is 23.6. The van der Waals surface area contributed by atoms with Gasteiger partial charge >= 0.3 is 5.97 Å². The van der Waals surface area contributed by atoms with Crippen molar-refractivity contribution in [3.05, 3.63) is 29.8 Å². The van der Waals surface area contributed by atoms with Gasteiger partial charge < -0.3 is 15.2 Å². The normalized spacial score (nSPS) is 29.0. The molecule has 5 nitrogen and oxygen atoms in total. The number of carboxylic acids is 1. The summed E-state index contributed by atoms with van der Waals surface area (Å²) in [6.07, 6.45) is 0.702. The molecular formula is C16H19NO4. The maximum absolute atomic E-state index is 12.4. The molecule has 1 aliphatic carbocycles. The number of benzene rings is 1. The zero-order valence-corrected chi connectivity index (χ0v) is 12.1.